The van der Waals surface area contributed by atoms with E-state index >= 15 is 0 Å². The molecular formula is C26H33F2N7OS. The summed E-state index contributed by atoms with van der Waals surface area (Å²) in [5.41, 5.74) is 1.10. The van der Waals surface area contributed by atoms with Crippen molar-refractivity contribution in [3.63, 3.8) is 0 Å². The van der Waals surface area contributed by atoms with Crippen molar-refractivity contribution in [2.75, 3.05) is 28.6 Å². The first-order chi connectivity index (χ1) is 17.4. The zero-order valence-corrected chi connectivity index (χ0v) is 20.1. The number of H-pyrrole nitrogens is 1. The van der Waals surface area contributed by atoms with Crippen LogP contribution in [0.4, 0.5) is 31.9 Å². The van der Waals surface area contributed by atoms with E-state index < -0.39 is 12.3 Å². The van der Waals surface area contributed by atoms with Crippen LogP contribution in [0.2, 0.25) is 0 Å². The molecule has 0 saturated carbocycles. The Kier molecular flexibility index (Phi) is 8.02. The van der Waals surface area contributed by atoms with Gasteiger partial charge in [0.25, 0.3) is 12.3 Å². The van der Waals surface area contributed by atoms with Crippen LogP contribution < -0.4 is 15.5 Å². The first-order valence-corrected chi connectivity index (χ1v) is 12.2. The van der Waals surface area contributed by atoms with Gasteiger partial charge >= 0.3 is 0 Å². The predicted octanol–water partition coefficient (Wildman–Crippen LogP) is 7.18. The van der Waals surface area contributed by atoms with Crippen molar-refractivity contribution in [1.29, 1.82) is 0 Å². The number of aromatic nitrogens is 4. The fourth-order valence-electron chi connectivity index (χ4n) is 3.65. The number of nitrogens with one attached hydrogen (secondary N) is 3. The molecule has 3 heterocycles. The molecule has 0 bridgehead atoms. The number of carbonyl (C=O) groups excluding carboxylic acids is 1. The lowest BCUT2D eigenvalue weighted by Crippen LogP contribution is -2.37. The highest BCUT2D eigenvalue weighted by atomic mass is 32.2. The number of rotatable bonds is 8. The molecule has 37 heavy (non-hydrogen) atoms. The van der Waals surface area contributed by atoms with Crippen LogP contribution in [0.25, 0.3) is 0 Å². The second-order valence-corrected chi connectivity index (χ2v) is 9.30. The average molecular weight is 530 g/mol. The third-order valence-electron chi connectivity index (χ3n) is 5.60. The van der Waals surface area contributed by atoms with Gasteiger partial charge in [0.05, 0.1) is 0 Å². The van der Waals surface area contributed by atoms with E-state index in [-0.39, 0.29) is 22.8 Å². The second-order valence-electron chi connectivity index (χ2n) is 8.26. The Balaban J connectivity index is 0.00000200. The van der Waals surface area contributed by atoms with E-state index in [2.05, 4.69) is 30.7 Å². The lowest BCUT2D eigenvalue weighted by atomic mass is 10.1. The van der Waals surface area contributed by atoms with Crippen molar-refractivity contribution >= 4 is 40.8 Å². The number of aryl methyl sites for hydroxylation is 1. The SMILES string of the molecule is C.Cc1cc(Nc2cc(N3CCC3)nc(Sc3ccc(NC(=O)c4ccccc4C(F)F)cc3)n2)n[nH]1.[HH].[HH].[HH]. The maximum Gasteiger partial charge on any atom is 0.264 e. The fraction of sp³-hybridized carbons (Fsp3) is 0.231. The highest BCUT2D eigenvalue weighted by Gasteiger charge is 2.19. The standard InChI is InChI=1S/C25H23F2N7OS.CH4.3H2/c1-15-13-21(33-32-15)29-20-14-22(34-11-4-12-34)31-25(30-20)36-17-9-7-16(8-10-17)28-24(35)19-6-3-2-5-18(19)23(26)27;;;;/h2-3,5-10,13-14,23H,4,11-12H2,1H3,(H,28,35)(H2,29,30,31,32,33);1H4;3*1H. The maximum atomic E-state index is 13.2. The van der Waals surface area contributed by atoms with Gasteiger partial charge in [-0.3, -0.25) is 9.89 Å². The highest BCUT2D eigenvalue weighted by molar-refractivity contribution is 7.99. The van der Waals surface area contributed by atoms with Crippen molar-refractivity contribution in [2.45, 2.75) is 37.2 Å². The number of halogens is 2. The minimum Gasteiger partial charge on any atom is -0.356 e. The van der Waals surface area contributed by atoms with Gasteiger partial charge in [-0.15, -0.1) is 0 Å². The molecule has 1 amide bonds. The molecule has 8 nitrogen and oxygen atoms in total. The minimum absolute atomic E-state index is 0. The van der Waals surface area contributed by atoms with Gasteiger partial charge in [0.1, 0.15) is 11.6 Å². The molecule has 0 radical (unpaired) electrons. The topological polar surface area (TPSA) is 98.8 Å². The molecule has 0 aliphatic carbocycles. The molecule has 0 unspecified atom stereocenters. The molecule has 2 aromatic carbocycles. The summed E-state index contributed by atoms with van der Waals surface area (Å²) in [6.45, 7) is 3.82. The molecule has 11 heteroatoms. The Morgan fingerprint density at radius 3 is 2.49 bits per heavy atom. The molecular weight excluding hydrogens is 496 g/mol. The second kappa shape index (κ2) is 11.4. The molecule has 1 fully saturated rings. The molecule has 198 valence electrons. The van der Waals surface area contributed by atoms with Crippen LogP contribution in [0.5, 0.6) is 0 Å². The molecule has 2 aromatic heterocycles. The van der Waals surface area contributed by atoms with Crippen LogP contribution in [0.1, 0.15) is 46.2 Å². The van der Waals surface area contributed by atoms with Crippen LogP contribution in [0.15, 0.2) is 70.7 Å². The Labute approximate surface area is 222 Å². The van der Waals surface area contributed by atoms with Gasteiger partial charge in [0, 0.05) is 56.9 Å². The molecule has 1 aliphatic rings. The summed E-state index contributed by atoms with van der Waals surface area (Å²) >= 11 is 1.39. The molecule has 3 N–H and O–H groups in total. The van der Waals surface area contributed by atoms with Gasteiger partial charge in [0.15, 0.2) is 11.0 Å². The molecule has 4 aromatic rings. The number of carbonyl (C=O) groups is 1. The first-order valence-electron chi connectivity index (χ1n) is 11.3. The highest BCUT2D eigenvalue weighted by Crippen LogP contribution is 2.31. The van der Waals surface area contributed by atoms with Crippen molar-refractivity contribution in [1.82, 2.24) is 20.2 Å². The van der Waals surface area contributed by atoms with E-state index in [0.717, 1.165) is 35.9 Å². The van der Waals surface area contributed by atoms with Gasteiger partial charge in [-0.2, -0.15) is 5.10 Å². The zero-order chi connectivity index (χ0) is 25.1. The van der Waals surface area contributed by atoms with Crippen LogP contribution >= 0.6 is 11.8 Å². The van der Waals surface area contributed by atoms with Crippen molar-refractivity contribution < 1.29 is 17.9 Å². The number of alkyl halides is 2. The third kappa shape index (κ3) is 6.23. The third-order valence-corrected chi connectivity index (χ3v) is 6.47. The first kappa shape index (κ1) is 26.1. The van der Waals surface area contributed by atoms with E-state index in [4.69, 9.17) is 4.98 Å². The lowest BCUT2D eigenvalue weighted by molar-refractivity contribution is 0.101. The Hall–Kier alpha value is -3.99. The van der Waals surface area contributed by atoms with Gasteiger partial charge < -0.3 is 15.5 Å². The Morgan fingerprint density at radius 2 is 1.84 bits per heavy atom. The number of nitrogens with zero attached hydrogens (tertiary/aromatic N) is 4. The summed E-state index contributed by atoms with van der Waals surface area (Å²) in [4.78, 5) is 24.9. The Morgan fingerprint density at radius 1 is 1.08 bits per heavy atom. The molecule has 0 atom stereocenters. The number of amides is 1. The number of aromatic amines is 1. The number of benzene rings is 2. The van der Waals surface area contributed by atoms with E-state index in [9.17, 15) is 13.6 Å². The summed E-state index contributed by atoms with van der Waals surface area (Å²) in [5, 5.41) is 13.6. The smallest absolute Gasteiger partial charge is 0.264 e. The lowest BCUT2D eigenvalue weighted by Gasteiger charge is -2.32. The normalized spacial score (nSPS) is 12.6. The Bertz CT molecular complexity index is 1390. The summed E-state index contributed by atoms with van der Waals surface area (Å²) in [5.74, 6) is 1.57. The van der Waals surface area contributed by atoms with Crippen LogP contribution in [-0.4, -0.2) is 39.2 Å². The summed E-state index contributed by atoms with van der Waals surface area (Å²) in [7, 11) is 0. The predicted molar refractivity (Wildman–Crippen MR) is 148 cm³/mol. The number of hydrogen-bond donors (Lipinski definition) is 3. The van der Waals surface area contributed by atoms with Gasteiger partial charge in [0.2, 0.25) is 0 Å². The van der Waals surface area contributed by atoms with E-state index in [1.54, 1.807) is 18.2 Å². The quantitative estimate of drug-likeness (QED) is 0.208. The summed E-state index contributed by atoms with van der Waals surface area (Å²) in [6.07, 6.45) is -1.60. The summed E-state index contributed by atoms with van der Waals surface area (Å²) in [6, 6.07) is 16.6. The average Bonchev–Trinajstić information content (AvgIpc) is 3.23. The van der Waals surface area contributed by atoms with E-state index in [1.807, 2.05) is 31.2 Å². The van der Waals surface area contributed by atoms with Crippen LogP contribution in [0, 0.1) is 6.92 Å². The van der Waals surface area contributed by atoms with E-state index in [1.165, 1.54) is 30.0 Å². The van der Waals surface area contributed by atoms with E-state index in [0.29, 0.717) is 22.5 Å². The van der Waals surface area contributed by atoms with Gasteiger partial charge in [-0.05, 0) is 55.4 Å². The zero-order valence-electron chi connectivity index (χ0n) is 19.3. The van der Waals surface area contributed by atoms with Crippen molar-refractivity contribution in [3.05, 3.63) is 77.5 Å². The largest absolute Gasteiger partial charge is 0.356 e. The molecule has 1 aliphatic heterocycles. The van der Waals surface area contributed by atoms with Crippen LogP contribution in [-0.2, 0) is 0 Å². The molecule has 0 spiro atoms. The number of anilines is 4. The van der Waals surface area contributed by atoms with Gasteiger partial charge in [-0.1, -0.05) is 25.6 Å². The van der Waals surface area contributed by atoms with Gasteiger partial charge in [-0.25, -0.2) is 18.7 Å². The van der Waals surface area contributed by atoms with Crippen molar-refractivity contribution in [3.8, 4) is 0 Å². The monoisotopic (exact) mass is 529 g/mol. The maximum absolute atomic E-state index is 13.2. The molecule has 1 saturated heterocycles. The van der Waals surface area contributed by atoms with Crippen LogP contribution in [0.3, 0.4) is 0 Å². The fourth-order valence-corrected chi connectivity index (χ4v) is 4.41. The number of hydrogen-bond acceptors (Lipinski definition) is 7. The van der Waals surface area contributed by atoms with Crippen molar-refractivity contribution in [2.24, 2.45) is 0 Å². The molecule has 5 rings (SSSR count). The minimum atomic E-state index is -2.73. The summed E-state index contributed by atoms with van der Waals surface area (Å²) < 4.78 is 26.5.